The predicted octanol–water partition coefficient (Wildman–Crippen LogP) is 2.17. The molecule has 4 nitrogen and oxygen atoms in total. The molecule has 0 spiro atoms. The van der Waals surface area contributed by atoms with Gasteiger partial charge in [-0.2, -0.15) is 0 Å². The molecule has 0 bridgehead atoms. The summed E-state index contributed by atoms with van der Waals surface area (Å²) in [6.45, 7) is 4.59. The maximum absolute atomic E-state index is 9.51. The number of benzene rings is 1. The fourth-order valence-electron chi connectivity index (χ4n) is 2.33. The molecule has 1 atom stereocenters. The zero-order valence-electron chi connectivity index (χ0n) is 10.3. The van der Waals surface area contributed by atoms with E-state index in [2.05, 4.69) is 22.9 Å². The van der Waals surface area contributed by atoms with Crippen molar-refractivity contribution in [1.82, 2.24) is 4.98 Å². The summed E-state index contributed by atoms with van der Waals surface area (Å²) in [4.78, 5) is 6.70. The minimum atomic E-state index is 0.249. The Hall–Kier alpha value is -1.81. The van der Waals surface area contributed by atoms with Gasteiger partial charge in [0.05, 0.1) is 30.1 Å². The van der Waals surface area contributed by atoms with Crippen LogP contribution in [0, 0.1) is 0 Å². The first kappa shape index (κ1) is 11.3. The second-order valence-corrected chi connectivity index (χ2v) is 4.70. The van der Waals surface area contributed by atoms with Crippen LogP contribution in [0.25, 0.3) is 10.9 Å². The minimum Gasteiger partial charge on any atom is -0.508 e. The van der Waals surface area contributed by atoms with Crippen LogP contribution in [0.3, 0.4) is 0 Å². The smallest absolute Gasteiger partial charge is 0.116 e. The molecule has 3 rings (SSSR count). The Morgan fingerprint density at radius 1 is 1.39 bits per heavy atom. The van der Waals surface area contributed by atoms with Gasteiger partial charge in [0.1, 0.15) is 5.75 Å². The van der Waals surface area contributed by atoms with E-state index >= 15 is 0 Å². The molecule has 1 aliphatic heterocycles. The number of hydrogen-bond donors (Lipinski definition) is 1. The van der Waals surface area contributed by atoms with Crippen LogP contribution in [0.1, 0.15) is 6.92 Å². The molecule has 2 heterocycles. The average molecular weight is 244 g/mol. The van der Waals surface area contributed by atoms with Gasteiger partial charge >= 0.3 is 0 Å². The van der Waals surface area contributed by atoms with Crippen LogP contribution in [-0.4, -0.2) is 35.9 Å². The maximum atomic E-state index is 9.51. The number of fused-ring (bicyclic) bond motifs is 1. The van der Waals surface area contributed by atoms with Crippen molar-refractivity contribution in [2.75, 3.05) is 24.6 Å². The lowest BCUT2D eigenvalue weighted by Gasteiger charge is -2.32. The molecule has 1 saturated heterocycles. The van der Waals surface area contributed by atoms with Crippen LogP contribution in [0.2, 0.25) is 0 Å². The molecule has 18 heavy (non-hydrogen) atoms. The molecule has 0 aliphatic carbocycles. The van der Waals surface area contributed by atoms with Crippen LogP contribution in [0.5, 0.6) is 5.75 Å². The summed E-state index contributed by atoms with van der Waals surface area (Å²) in [5.41, 5.74) is 1.99. The van der Waals surface area contributed by atoms with Crippen molar-refractivity contribution in [3.8, 4) is 5.75 Å². The number of phenols is 1. The molecule has 0 amide bonds. The number of phenolic OH excluding ortho intramolecular Hbond substituents is 1. The SMILES string of the molecule is C[C@@H]1CN(c2cnc3ccc(O)cc3c2)CCO1. The molecule has 0 unspecified atom stereocenters. The number of rotatable bonds is 1. The van der Waals surface area contributed by atoms with Crippen molar-refractivity contribution in [2.24, 2.45) is 0 Å². The lowest BCUT2D eigenvalue weighted by Crippen LogP contribution is -2.41. The van der Waals surface area contributed by atoms with Gasteiger partial charge in [-0.05, 0) is 31.2 Å². The average Bonchev–Trinajstić information content (AvgIpc) is 2.38. The normalized spacial score (nSPS) is 20.3. The highest BCUT2D eigenvalue weighted by Gasteiger charge is 2.17. The van der Waals surface area contributed by atoms with Crippen molar-refractivity contribution in [3.05, 3.63) is 30.5 Å². The van der Waals surface area contributed by atoms with E-state index in [0.717, 1.165) is 36.3 Å². The second kappa shape index (κ2) is 4.46. The van der Waals surface area contributed by atoms with E-state index in [1.807, 2.05) is 12.3 Å². The molecule has 1 aliphatic rings. The van der Waals surface area contributed by atoms with Crippen LogP contribution in [0.15, 0.2) is 30.5 Å². The fourth-order valence-corrected chi connectivity index (χ4v) is 2.33. The van der Waals surface area contributed by atoms with E-state index in [-0.39, 0.29) is 11.9 Å². The number of aromatic nitrogens is 1. The van der Waals surface area contributed by atoms with Gasteiger partial charge in [-0.1, -0.05) is 0 Å². The largest absolute Gasteiger partial charge is 0.508 e. The number of aromatic hydroxyl groups is 1. The first-order chi connectivity index (χ1) is 8.72. The van der Waals surface area contributed by atoms with Gasteiger partial charge in [-0.15, -0.1) is 0 Å². The van der Waals surface area contributed by atoms with E-state index in [9.17, 15) is 5.11 Å². The first-order valence-electron chi connectivity index (χ1n) is 6.18. The molecule has 1 N–H and O–H groups in total. The molecule has 1 fully saturated rings. The number of pyridine rings is 1. The van der Waals surface area contributed by atoms with Gasteiger partial charge < -0.3 is 14.7 Å². The van der Waals surface area contributed by atoms with Gasteiger partial charge in [0, 0.05) is 18.5 Å². The standard InChI is InChI=1S/C14H16N2O2/c1-10-9-16(4-5-18-10)12-6-11-7-13(17)2-3-14(11)15-8-12/h2-3,6-8,10,17H,4-5,9H2,1H3/t10-/m1/s1. The molecule has 0 radical (unpaired) electrons. The van der Waals surface area contributed by atoms with Crippen molar-refractivity contribution in [2.45, 2.75) is 13.0 Å². The van der Waals surface area contributed by atoms with Gasteiger partial charge in [-0.25, -0.2) is 0 Å². The van der Waals surface area contributed by atoms with E-state index in [1.54, 1.807) is 12.1 Å². The van der Waals surface area contributed by atoms with Crippen molar-refractivity contribution in [1.29, 1.82) is 0 Å². The third-order valence-corrected chi connectivity index (χ3v) is 3.26. The summed E-state index contributed by atoms with van der Waals surface area (Å²) in [6, 6.07) is 7.30. The summed E-state index contributed by atoms with van der Waals surface area (Å²) in [5.74, 6) is 0.275. The Kier molecular flexibility index (Phi) is 2.80. The highest BCUT2D eigenvalue weighted by atomic mass is 16.5. The van der Waals surface area contributed by atoms with Crippen LogP contribution in [-0.2, 0) is 4.74 Å². The number of ether oxygens (including phenoxy) is 1. The van der Waals surface area contributed by atoms with Crippen molar-refractivity contribution in [3.63, 3.8) is 0 Å². The predicted molar refractivity (Wildman–Crippen MR) is 71.0 cm³/mol. The number of anilines is 1. The number of morpholine rings is 1. The third-order valence-electron chi connectivity index (χ3n) is 3.26. The van der Waals surface area contributed by atoms with E-state index in [1.165, 1.54) is 0 Å². The van der Waals surface area contributed by atoms with E-state index < -0.39 is 0 Å². The maximum Gasteiger partial charge on any atom is 0.116 e. The Bertz CT molecular complexity index is 571. The summed E-state index contributed by atoms with van der Waals surface area (Å²) >= 11 is 0. The molecule has 2 aromatic rings. The summed E-state index contributed by atoms with van der Waals surface area (Å²) in [7, 11) is 0. The van der Waals surface area contributed by atoms with Crippen LogP contribution < -0.4 is 4.90 Å². The molecule has 1 aromatic heterocycles. The van der Waals surface area contributed by atoms with Gasteiger partial charge in [0.2, 0.25) is 0 Å². The molecule has 94 valence electrons. The molecule has 1 aromatic carbocycles. The zero-order valence-corrected chi connectivity index (χ0v) is 10.3. The van der Waals surface area contributed by atoms with Gasteiger partial charge in [0.15, 0.2) is 0 Å². The monoisotopic (exact) mass is 244 g/mol. The van der Waals surface area contributed by atoms with Gasteiger partial charge in [0.25, 0.3) is 0 Å². The Morgan fingerprint density at radius 2 is 2.28 bits per heavy atom. The topological polar surface area (TPSA) is 45.6 Å². The quantitative estimate of drug-likeness (QED) is 0.835. The summed E-state index contributed by atoms with van der Waals surface area (Å²) < 4.78 is 5.53. The molecule has 4 heteroatoms. The van der Waals surface area contributed by atoms with E-state index in [4.69, 9.17) is 4.74 Å². The lowest BCUT2D eigenvalue weighted by atomic mass is 10.2. The molecular weight excluding hydrogens is 228 g/mol. The zero-order chi connectivity index (χ0) is 12.5. The fraction of sp³-hybridized carbons (Fsp3) is 0.357. The highest BCUT2D eigenvalue weighted by Crippen LogP contribution is 2.24. The number of hydrogen-bond acceptors (Lipinski definition) is 4. The second-order valence-electron chi connectivity index (χ2n) is 4.70. The Morgan fingerprint density at radius 3 is 3.11 bits per heavy atom. The molecule has 0 saturated carbocycles. The summed E-state index contributed by atoms with van der Waals surface area (Å²) in [5, 5.41) is 10.5. The minimum absolute atomic E-state index is 0.249. The van der Waals surface area contributed by atoms with Crippen molar-refractivity contribution < 1.29 is 9.84 Å². The van der Waals surface area contributed by atoms with E-state index in [0.29, 0.717) is 0 Å². The first-order valence-corrected chi connectivity index (χ1v) is 6.18. The third kappa shape index (κ3) is 2.11. The Labute approximate surface area is 106 Å². The number of nitrogens with zero attached hydrogens (tertiary/aromatic N) is 2. The highest BCUT2D eigenvalue weighted by molar-refractivity contribution is 5.83. The van der Waals surface area contributed by atoms with Crippen molar-refractivity contribution >= 4 is 16.6 Å². The van der Waals surface area contributed by atoms with Crippen LogP contribution >= 0.6 is 0 Å². The summed E-state index contributed by atoms with van der Waals surface area (Å²) in [6.07, 6.45) is 2.14. The lowest BCUT2D eigenvalue weighted by molar-refractivity contribution is 0.0532. The molecular formula is C14H16N2O2. The van der Waals surface area contributed by atoms with Gasteiger partial charge in [-0.3, -0.25) is 4.98 Å². The van der Waals surface area contributed by atoms with Crippen LogP contribution in [0.4, 0.5) is 5.69 Å². The Balaban J connectivity index is 1.96.